The zero-order valence-electron chi connectivity index (χ0n) is 9.53. The molecule has 1 aliphatic carbocycles. The van der Waals surface area contributed by atoms with Crippen LogP contribution in [0.15, 0.2) is 30.3 Å². The third-order valence-corrected chi connectivity index (χ3v) is 3.12. The molecule has 16 heavy (non-hydrogen) atoms. The average Bonchev–Trinajstić information content (AvgIpc) is 3.09. The predicted octanol–water partition coefficient (Wildman–Crippen LogP) is 3.37. The maximum Gasteiger partial charge on any atom is 0.0725 e. The zero-order chi connectivity index (χ0) is 11.0. The quantitative estimate of drug-likeness (QED) is 0.843. The molecular weight excluding hydrogens is 196 g/mol. The SMILES string of the molecule is Cc1cc(NCC2CC2)c2ccccc2n1. The lowest BCUT2D eigenvalue weighted by Crippen LogP contribution is -2.04. The number of rotatable bonds is 3. The van der Waals surface area contributed by atoms with Crippen molar-refractivity contribution in [2.45, 2.75) is 19.8 Å². The second-order valence-corrected chi connectivity index (χ2v) is 4.65. The van der Waals surface area contributed by atoms with E-state index in [9.17, 15) is 0 Å². The Morgan fingerprint density at radius 2 is 2.12 bits per heavy atom. The molecule has 3 rings (SSSR count). The van der Waals surface area contributed by atoms with Crippen LogP contribution < -0.4 is 5.32 Å². The first-order chi connectivity index (χ1) is 7.83. The standard InChI is InChI=1S/C14H16N2/c1-10-8-14(15-9-11-6-7-11)12-4-2-3-5-13(12)16-10/h2-5,8,11H,6-7,9H2,1H3,(H,15,16). The zero-order valence-corrected chi connectivity index (χ0v) is 9.53. The van der Waals surface area contributed by atoms with Crippen molar-refractivity contribution >= 4 is 16.6 Å². The summed E-state index contributed by atoms with van der Waals surface area (Å²) in [6.07, 6.45) is 2.77. The minimum atomic E-state index is 0.896. The Bertz CT molecular complexity index is 515. The first-order valence-corrected chi connectivity index (χ1v) is 5.93. The van der Waals surface area contributed by atoms with Gasteiger partial charge in [-0.05, 0) is 37.8 Å². The van der Waals surface area contributed by atoms with Gasteiger partial charge in [-0.25, -0.2) is 0 Å². The van der Waals surface area contributed by atoms with Crippen LogP contribution in [0.2, 0.25) is 0 Å². The fourth-order valence-electron chi connectivity index (χ4n) is 2.03. The number of hydrogen-bond acceptors (Lipinski definition) is 2. The number of nitrogens with zero attached hydrogens (tertiary/aromatic N) is 1. The van der Waals surface area contributed by atoms with Crippen LogP contribution in [0.1, 0.15) is 18.5 Å². The van der Waals surface area contributed by atoms with Crippen LogP contribution in [0.5, 0.6) is 0 Å². The molecular formula is C14H16N2. The lowest BCUT2D eigenvalue weighted by atomic mass is 10.1. The molecule has 82 valence electrons. The summed E-state index contributed by atoms with van der Waals surface area (Å²) in [5.41, 5.74) is 3.40. The molecule has 0 unspecified atom stereocenters. The van der Waals surface area contributed by atoms with Crippen molar-refractivity contribution < 1.29 is 0 Å². The minimum Gasteiger partial charge on any atom is -0.384 e. The van der Waals surface area contributed by atoms with E-state index >= 15 is 0 Å². The number of anilines is 1. The van der Waals surface area contributed by atoms with Crippen LogP contribution >= 0.6 is 0 Å². The van der Waals surface area contributed by atoms with Gasteiger partial charge in [0.1, 0.15) is 0 Å². The third kappa shape index (κ3) is 1.87. The molecule has 0 radical (unpaired) electrons. The number of nitrogens with one attached hydrogen (secondary N) is 1. The van der Waals surface area contributed by atoms with E-state index in [1.165, 1.54) is 23.9 Å². The van der Waals surface area contributed by atoms with Crippen LogP contribution in [0.3, 0.4) is 0 Å². The number of fused-ring (bicyclic) bond motifs is 1. The first kappa shape index (κ1) is 9.64. The molecule has 0 spiro atoms. The highest BCUT2D eigenvalue weighted by atomic mass is 14.9. The van der Waals surface area contributed by atoms with Crippen LogP contribution in [0.25, 0.3) is 10.9 Å². The molecule has 2 nitrogen and oxygen atoms in total. The van der Waals surface area contributed by atoms with Crippen LogP contribution in [0, 0.1) is 12.8 Å². The van der Waals surface area contributed by atoms with Crippen molar-refractivity contribution in [1.82, 2.24) is 4.98 Å². The molecule has 1 aromatic carbocycles. The molecule has 0 saturated heterocycles. The molecule has 1 N–H and O–H groups in total. The lowest BCUT2D eigenvalue weighted by molar-refractivity contribution is 0.890. The van der Waals surface area contributed by atoms with E-state index in [-0.39, 0.29) is 0 Å². The molecule has 0 atom stereocenters. The first-order valence-electron chi connectivity index (χ1n) is 5.93. The Balaban J connectivity index is 1.99. The fraction of sp³-hybridized carbons (Fsp3) is 0.357. The maximum absolute atomic E-state index is 4.54. The summed E-state index contributed by atoms with van der Waals surface area (Å²) in [6, 6.07) is 10.5. The highest BCUT2D eigenvalue weighted by Gasteiger charge is 2.20. The van der Waals surface area contributed by atoms with E-state index in [0.29, 0.717) is 0 Å². The van der Waals surface area contributed by atoms with E-state index < -0.39 is 0 Å². The number of aromatic nitrogens is 1. The summed E-state index contributed by atoms with van der Waals surface area (Å²) >= 11 is 0. The lowest BCUT2D eigenvalue weighted by Gasteiger charge is -2.10. The van der Waals surface area contributed by atoms with Crippen molar-refractivity contribution in [3.63, 3.8) is 0 Å². The van der Waals surface area contributed by atoms with E-state index in [2.05, 4.69) is 41.5 Å². The highest BCUT2D eigenvalue weighted by Crippen LogP contribution is 2.30. The smallest absolute Gasteiger partial charge is 0.0725 e. The van der Waals surface area contributed by atoms with Gasteiger partial charge in [0.2, 0.25) is 0 Å². The summed E-state index contributed by atoms with van der Waals surface area (Å²) in [7, 11) is 0. The Morgan fingerprint density at radius 3 is 2.94 bits per heavy atom. The second-order valence-electron chi connectivity index (χ2n) is 4.65. The molecule has 1 saturated carbocycles. The Morgan fingerprint density at radius 1 is 1.31 bits per heavy atom. The van der Waals surface area contributed by atoms with E-state index in [1.807, 2.05) is 6.07 Å². The normalized spacial score (nSPS) is 15.3. The van der Waals surface area contributed by atoms with Gasteiger partial charge in [-0.2, -0.15) is 0 Å². The molecule has 2 aromatic rings. The van der Waals surface area contributed by atoms with Crippen molar-refractivity contribution in [2.75, 3.05) is 11.9 Å². The van der Waals surface area contributed by atoms with Crippen molar-refractivity contribution in [3.05, 3.63) is 36.0 Å². The molecule has 1 aliphatic rings. The van der Waals surface area contributed by atoms with E-state index in [0.717, 1.165) is 23.7 Å². The van der Waals surface area contributed by atoms with Crippen LogP contribution in [0.4, 0.5) is 5.69 Å². The minimum absolute atomic E-state index is 0.896. The molecule has 2 heteroatoms. The van der Waals surface area contributed by atoms with E-state index in [1.54, 1.807) is 0 Å². The van der Waals surface area contributed by atoms with Gasteiger partial charge in [0.15, 0.2) is 0 Å². The molecule has 0 bridgehead atoms. The van der Waals surface area contributed by atoms with Gasteiger partial charge in [-0.1, -0.05) is 18.2 Å². The number of benzene rings is 1. The maximum atomic E-state index is 4.54. The van der Waals surface area contributed by atoms with Gasteiger partial charge in [0, 0.05) is 23.3 Å². The Kier molecular flexibility index (Phi) is 2.28. The fourth-order valence-corrected chi connectivity index (χ4v) is 2.03. The molecule has 1 heterocycles. The summed E-state index contributed by atoms with van der Waals surface area (Å²) < 4.78 is 0. The van der Waals surface area contributed by atoms with Crippen molar-refractivity contribution in [2.24, 2.45) is 5.92 Å². The number of pyridine rings is 1. The third-order valence-electron chi connectivity index (χ3n) is 3.12. The van der Waals surface area contributed by atoms with Gasteiger partial charge >= 0.3 is 0 Å². The summed E-state index contributed by atoms with van der Waals surface area (Å²) in [4.78, 5) is 4.54. The van der Waals surface area contributed by atoms with Gasteiger partial charge in [-0.3, -0.25) is 4.98 Å². The molecule has 1 aromatic heterocycles. The average molecular weight is 212 g/mol. The summed E-state index contributed by atoms with van der Waals surface area (Å²) in [6.45, 7) is 3.15. The number of hydrogen-bond donors (Lipinski definition) is 1. The largest absolute Gasteiger partial charge is 0.384 e. The highest BCUT2D eigenvalue weighted by molar-refractivity contribution is 5.91. The van der Waals surface area contributed by atoms with Crippen molar-refractivity contribution in [3.8, 4) is 0 Å². The van der Waals surface area contributed by atoms with Gasteiger partial charge in [0.25, 0.3) is 0 Å². The molecule has 0 aliphatic heterocycles. The van der Waals surface area contributed by atoms with Gasteiger partial charge < -0.3 is 5.32 Å². The number of para-hydroxylation sites is 1. The molecule has 1 fully saturated rings. The van der Waals surface area contributed by atoms with Crippen LogP contribution in [-0.2, 0) is 0 Å². The van der Waals surface area contributed by atoms with Crippen LogP contribution in [-0.4, -0.2) is 11.5 Å². The molecule has 0 amide bonds. The monoisotopic (exact) mass is 212 g/mol. The van der Waals surface area contributed by atoms with Gasteiger partial charge in [0.05, 0.1) is 5.52 Å². The topological polar surface area (TPSA) is 24.9 Å². The number of aryl methyl sites for hydroxylation is 1. The Hall–Kier alpha value is -1.57. The summed E-state index contributed by atoms with van der Waals surface area (Å²) in [5.74, 6) is 0.896. The van der Waals surface area contributed by atoms with Crippen molar-refractivity contribution in [1.29, 1.82) is 0 Å². The van der Waals surface area contributed by atoms with Gasteiger partial charge in [-0.15, -0.1) is 0 Å². The second kappa shape index (κ2) is 3.78. The Labute approximate surface area is 95.7 Å². The summed E-state index contributed by atoms with van der Waals surface area (Å²) in [5, 5.41) is 4.78. The van der Waals surface area contributed by atoms with E-state index in [4.69, 9.17) is 0 Å². The predicted molar refractivity (Wildman–Crippen MR) is 67.7 cm³/mol.